The van der Waals surface area contributed by atoms with Crippen LogP contribution < -0.4 is 10.5 Å². The summed E-state index contributed by atoms with van der Waals surface area (Å²) in [7, 11) is 0. The Morgan fingerprint density at radius 2 is 1.79 bits per heavy atom. The average molecular weight is 266 g/mol. The molecule has 0 unspecified atom stereocenters. The predicted molar refractivity (Wildman–Crippen MR) is 65.5 cm³/mol. The van der Waals surface area contributed by atoms with Crippen LogP contribution in [0.2, 0.25) is 0 Å². The van der Waals surface area contributed by atoms with E-state index < -0.39 is 11.7 Å². The van der Waals surface area contributed by atoms with Crippen LogP contribution in [-0.2, 0) is 12.8 Å². The molecule has 0 aromatic heterocycles. The van der Waals surface area contributed by atoms with Crippen molar-refractivity contribution in [3.63, 3.8) is 0 Å². The Morgan fingerprint density at radius 3 is 2.37 bits per heavy atom. The number of nitrogen functional groups attached to an aromatic ring is 1. The van der Waals surface area contributed by atoms with E-state index in [4.69, 9.17) is 10.5 Å². The minimum Gasteiger partial charge on any atom is -0.486 e. The lowest BCUT2D eigenvalue weighted by atomic mass is 10.1. The van der Waals surface area contributed by atoms with Crippen molar-refractivity contribution in [3.8, 4) is 5.75 Å². The molecular weight excluding hydrogens is 255 g/mol. The molecule has 5 heteroatoms. The predicted octanol–water partition coefficient (Wildman–Crippen LogP) is 3.67. The maximum absolute atomic E-state index is 12.4. The molecule has 2 rings (SSSR count). The van der Waals surface area contributed by atoms with Crippen LogP contribution in [0.1, 0.15) is 11.1 Å². The van der Waals surface area contributed by atoms with Crippen LogP contribution in [0.3, 0.4) is 0 Å². The van der Waals surface area contributed by atoms with Crippen molar-refractivity contribution in [2.75, 3.05) is 5.73 Å². The first-order valence-corrected chi connectivity index (χ1v) is 5.52. The van der Waals surface area contributed by atoms with E-state index in [1.54, 1.807) is 18.2 Å². The van der Waals surface area contributed by atoms with Crippen molar-refractivity contribution in [1.82, 2.24) is 0 Å². The van der Waals surface area contributed by atoms with Gasteiger partial charge in [0, 0.05) is 6.07 Å². The summed E-state index contributed by atoms with van der Waals surface area (Å²) in [6.07, 6.45) is -4.32. The van der Waals surface area contributed by atoms with Gasteiger partial charge in [0.25, 0.3) is 0 Å². The third kappa shape index (κ3) is 3.40. The summed E-state index contributed by atoms with van der Waals surface area (Å²) in [5.41, 5.74) is 6.05. The van der Waals surface area contributed by atoms with Crippen molar-refractivity contribution < 1.29 is 17.9 Å². The lowest BCUT2D eigenvalue weighted by molar-refractivity contribution is -0.137. The summed E-state index contributed by atoms with van der Waals surface area (Å²) in [5.74, 6) is 0.391. The molecule has 0 saturated carbocycles. The maximum Gasteiger partial charge on any atom is 0.416 e. The van der Waals surface area contributed by atoms with E-state index in [9.17, 15) is 13.2 Å². The highest BCUT2D eigenvalue weighted by atomic mass is 19.4. The first-order chi connectivity index (χ1) is 8.97. The summed E-state index contributed by atoms with van der Waals surface area (Å²) in [4.78, 5) is 0. The van der Waals surface area contributed by atoms with E-state index in [1.807, 2.05) is 0 Å². The summed E-state index contributed by atoms with van der Waals surface area (Å²) in [6, 6.07) is 12.7. The number of rotatable bonds is 3. The number of hydrogen-bond acceptors (Lipinski definition) is 2. The lowest BCUT2D eigenvalue weighted by Crippen LogP contribution is -2.05. The molecule has 0 amide bonds. The topological polar surface area (TPSA) is 35.2 Å². The highest BCUT2D eigenvalue weighted by molar-refractivity contribution is 5.51. The Bertz CT molecular complexity index is 549. The standard InChI is InChI=1S/C14H11F3NO/c15-14(16,17)11-7-5-10(6-8-11)9-19-13-4-2-1-3-12(13)18/h1-3,5-8H,9,18H2. The number of benzene rings is 2. The van der Waals surface area contributed by atoms with Crippen molar-refractivity contribution >= 4 is 5.69 Å². The molecule has 19 heavy (non-hydrogen) atoms. The fourth-order valence-corrected chi connectivity index (χ4v) is 1.51. The van der Waals surface area contributed by atoms with Crippen LogP contribution in [0.15, 0.2) is 42.5 Å². The minimum absolute atomic E-state index is 0.142. The molecule has 2 N–H and O–H groups in total. The van der Waals surface area contributed by atoms with Gasteiger partial charge in [-0.1, -0.05) is 24.3 Å². The van der Waals surface area contributed by atoms with Crippen molar-refractivity contribution in [1.29, 1.82) is 0 Å². The molecule has 0 bridgehead atoms. The van der Waals surface area contributed by atoms with Crippen LogP contribution >= 0.6 is 0 Å². The van der Waals surface area contributed by atoms with Gasteiger partial charge in [0.05, 0.1) is 11.3 Å². The van der Waals surface area contributed by atoms with Gasteiger partial charge in [-0.15, -0.1) is 0 Å². The normalized spacial score (nSPS) is 11.3. The Morgan fingerprint density at radius 1 is 1.11 bits per heavy atom. The van der Waals surface area contributed by atoms with E-state index in [2.05, 4.69) is 6.07 Å². The molecule has 99 valence electrons. The van der Waals surface area contributed by atoms with Gasteiger partial charge in [-0.25, -0.2) is 0 Å². The highest BCUT2D eigenvalue weighted by Crippen LogP contribution is 2.29. The van der Waals surface area contributed by atoms with Gasteiger partial charge in [-0.3, -0.25) is 0 Å². The number of hydrogen-bond donors (Lipinski definition) is 1. The molecular formula is C14H11F3NO. The second kappa shape index (κ2) is 5.22. The summed E-state index contributed by atoms with van der Waals surface area (Å²) < 4.78 is 42.5. The van der Waals surface area contributed by atoms with Gasteiger partial charge < -0.3 is 10.5 Å². The zero-order valence-electron chi connectivity index (χ0n) is 9.87. The van der Waals surface area contributed by atoms with Crippen molar-refractivity contribution in [2.24, 2.45) is 0 Å². The molecule has 0 saturated heterocycles. The first-order valence-electron chi connectivity index (χ1n) is 5.52. The molecule has 0 aliphatic carbocycles. The van der Waals surface area contributed by atoms with E-state index in [0.29, 0.717) is 17.0 Å². The zero-order valence-corrected chi connectivity index (χ0v) is 9.87. The quantitative estimate of drug-likeness (QED) is 0.860. The monoisotopic (exact) mass is 266 g/mol. The van der Waals surface area contributed by atoms with Crippen LogP contribution in [0.4, 0.5) is 18.9 Å². The Kier molecular flexibility index (Phi) is 3.64. The molecule has 0 heterocycles. The molecule has 0 aliphatic heterocycles. The molecule has 2 aromatic carbocycles. The van der Waals surface area contributed by atoms with E-state index in [1.165, 1.54) is 12.1 Å². The number of nitrogens with two attached hydrogens (primary N) is 1. The Hall–Kier alpha value is -2.17. The number of alkyl halides is 3. The molecule has 0 fully saturated rings. The third-order valence-electron chi connectivity index (χ3n) is 2.51. The second-order valence-electron chi connectivity index (χ2n) is 3.94. The van der Waals surface area contributed by atoms with E-state index in [0.717, 1.165) is 12.1 Å². The van der Waals surface area contributed by atoms with Gasteiger partial charge in [-0.05, 0) is 23.8 Å². The average Bonchev–Trinajstić information content (AvgIpc) is 2.37. The van der Waals surface area contributed by atoms with E-state index >= 15 is 0 Å². The van der Waals surface area contributed by atoms with Gasteiger partial charge >= 0.3 is 6.18 Å². The van der Waals surface area contributed by atoms with Gasteiger partial charge in [0.1, 0.15) is 6.61 Å². The van der Waals surface area contributed by atoms with Crippen molar-refractivity contribution in [3.05, 3.63) is 59.7 Å². The van der Waals surface area contributed by atoms with Crippen LogP contribution in [-0.4, -0.2) is 0 Å². The van der Waals surface area contributed by atoms with Crippen molar-refractivity contribution in [2.45, 2.75) is 12.8 Å². The third-order valence-corrected chi connectivity index (χ3v) is 2.51. The molecule has 2 nitrogen and oxygen atoms in total. The molecule has 2 aromatic rings. The van der Waals surface area contributed by atoms with Gasteiger partial charge in [-0.2, -0.15) is 13.2 Å². The molecule has 0 spiro atoms. The number of anilines is 1. The lowest BCUT2D eigenvalue weighted by Gasteiger charge is -2.10. The Balaban J connectivity index is 2.03. The maximum atomic E-state index is 12.4. The van der Waals surface area contributed by atoms with E-state index in [-0.39, 0.29) is 6.61 Å². The zero-order chi connectivity index (χ0) is 13.9. The molecule has 1 radical (unpaired) electrons. The number of halogens is 3. The smallest absolute Gasteiger partial charge is 0.416 e. The summed E-state index contributed by atoms with van der Waals surface area (Å²) in [6.45, 7) is 0.142. The van der Waals surface area contributed by atoms with Gasteiger partial charge in [0.2, 0.25) is 0 Å². The minimum atomic E-state index is -4.32. The number of para-hydroxylation sites is 1. The fourth-order valence-electron chi connectivity index (χ4n) is 1.51. The summed E-state index contributed by atoms with van der Waals surface area (Å²) >= 11 is 0. The number of ether oxygens (including phenoxy) is 1. The second-order valence-corrected chi connectivity index (χ2v) is 3.94. The first kappa shape index (κ1) is 13.3. The van der Waals surface area contributed by atoms with Crippen LogP contribution in [0.25, 0.3) is 0 Å². The van der Waals surface area contributed by atoms with Crippen LogP contribution in [0, 0.1) is 6.07 Å². The van der Waals surface area contributed by atoms with Gasteiger partial charge in [0.15, 0.2) is 5.75 Å². The fraction of sp³-hybridized carbons (Fsp3) is 0.143. The van der Waals surface area contributed by atoms with Crippen LogP contribution in [0.5, 0.6) is 5.75 Å². The Labute approximate surface area is 108 Å². The molecule has 0 aliphatic rings. The molecule has 0 atom stereocenters. The highest BCUT2D eigenvalue weighted by Gasteiger charge is 2.29. The summed E-state index contributed by atoms with van der Waals surface area (Å²) in [5, 5.41) is 0. The SMILES string of the molecule is Nc1ccc[c]c1OCc1ccc(C(F)(F)F)cc1. The largest absolute Gasteiger partial charge is 0.486 e.